The number of hydrogen-bond acceptors (Lipinski definition) is 4. The molecule has 3 atom stereocenters. The summed E-state index contributed by atoms with van der Waals surface area (Å²) in [4.78, 5) is 31.0. The number of aromatic nitrogens is 1. The fourth-order valence-electron chi connectivity index (χ4n) is 4.43. The first-order valence-electron chi connectivity index (χ1n) is 11.0. The van der Waals surface area contributed by atoms with Crippen LogP contribution in [0.25, 0.3) is 0 Å². The van der Waals surface area contributed by atoms with Gasteiger partial charge in [0.05, 0.1) is 6.26 Å². The number of carbonyl (C=O) groups is 2. The fourth-order valence-corrected chi connectivity index (χ4v) is 4.43. The first kappa shape index (κ1) is 22.8. The van der Waals surface area contributed by atoms with Crippen LogP contribution in [0, 0.1) is 23.7 Å². The Balaban J connectivity index is 1.61. The topological polar surface area (TPSA) is 75.4 Å². The number of pyridine rings is 1. The summed E-state index contributed by atoms with van der Waals surface area (Å²) in [5.74, 6) is 1.63. The summed E-state index contributed by atoms with van der Waals surface area (Å²) < 4.78 is 5.18. The van der Waals surface area contributed by atoms with Crippen LogP contribution >= 0.6 is 0 Å². The highest BCUT2D eigenvalue weighted by Gasteiger charge is 2.33. The minimum absolute atomic E-state index is 0.147. The molecule has 0 radical (unpaired) electrons. The summed E-state index contributed by atoms with van der Waals surface area (Å²) in [5, 5.41) is 3.00. The molecule has 0 saturated carbocycles. The highest BCUT2D eigenvalue weighted by atomic mass is 16.3. The highest BCUT2D eigenvalue weighted by Crippen LogP contribution is 2.39. The molecule has 2 aromatic rings. The van der Waals surface area contributed by atoms with E-state index in [4.69, 9.17) is 4.42 Å². The smallest absolute Gasteiger partial charge is 0.286 e. The van der Waals surface area contributed by atoms with Gasteiger partial charge in [-0.05, 0) is 60.8 Å². The third-order valence-electron chi connectivity index (χ3n) is 6.32. The maximum absolute atomic E-state index is 12.9. The minimum atomic E-state index is -0.187. The number of rotatable bonds is 8. The molecule has 2 amide bonds. The molecule has 31 heavy (non-hydrogen) atoms. The Morgan fingerprint density at radius 3 is 2.74 bits per heavy atom. The van der Waals surface area contributed by atoms with Crippen LogP contribution in [0.3, 0.4) is 0 Å². The van der Waals surface area contributed by atoms with E-state index >= 15 is 0 Å². The van der Waals surface area contributed by atoms with Crippen molar-refractivity contribution in [3.05, 3.63) is 65.9 Å². The van der Waals surface area contributed by atoms with E-state index in [0.717, 1.165) is 12.0 Å². The normalized spacial score (nSPS) is 20.9. The zero-order valence-electron chi connectivity index (χ0n) is 18.9. The van der Waals surface area contributed by atoms with E-state index in [-0.39, 0.29) is 23.7 Å². The van der Waals surface area contributed by atoms with Gasteiger partial charge < -0.3 is 14.6 Å². The largest absolute Gasteiger partial charge is 0.459 e. The molecule has 0 spiro atoms. The lowest BCUT2D eigenvalue weighted by molar-refractivity contribution is -0.131. The molecular weight excluding hydrogens is 390 g/mol. The Hall–Kier alpha value is -2.89. The molecule has 2 heterocycles. The first-order chi connectivity index (χ1) is 14.8. The molecule has 1 aliphatic rings. The number of nitrogens with one attached hydrogen (secondary N) is 1. The summed E-state index contributed by atoms with van der Waals surface area (Å²) in [6.07, 6.45) is 8.76. The standard InChI is InChI=1S/C25H33N3O3/c1-17(2)22-12-20(13-24(29)28(4)16-19-7-5-9-26-14-19)18(3)11-21(22)15-27-25(30)23-8-6-10-31-23/h5-11,14,17,20-22H,12-13,15-16H2,1-4H3,(H,27,30)/t20-,21-,22-/m0/s1. The van der Waals surface area contributed by atoms with Crippen molar-refractivity contribution in [1.29, 1.82) is 0 Å². The van der Waals surface area contributed by atoms with Crippen LogP contribution in [0.15, 0.2) is 59.0 Å². The molecular formula is C25H33N3O3. The molecule has 0 bridgehead atoms. The molecule has 0 aliphatic heterocycles. The van der Waals surface area contributed by atoms with Gasteiger partial charge in [0.25, 0.3) is 5.91 Å². The monoisotopic (exact) mass is 423 g/mol. The Kier molecular flexibility index (Phi) is 7.66. The van der Waals surface area contributed by atoms with E-state index < -0.39 is 0 Å². The van der Waals surface area contributed by atoms with E-state index in [0.29, 0.717) is 37.1 Å². The van der Waals surface area contributed by atoms with Crippen molar-refractivity contribution in [3.63, 3.8) is 0 Å². The maximum Gasteiger partial charge on any atom is 0.286 e. The molecule has 0 fully saturated rings. The van der Waals surface area contributed by atoms with Gasteiger partial charge in [0.2, 0.25) is 5.91 Å². The summed E-state index contributed by atoms with van der Waals surface area (Å²) in [5.41, 5.74) is 2.26. The fraction of sp³-hybridized carbons (Fsp3) is 0.480. The van der Waals surface area contributed by atoms with Crippen molar-refractivity contribution in [1.82, 2.24) is 15.2 Å². The third kappa shape index (κ3) is 6.06. The van der Waals surface area contributed by atoms with E-state index in [1.165, 1.54) is 11.8 Å². The van der Waals surface area contributed by atoms with Crippen LogP contribution < -0.4 is 5.32 Å². The number of allylic oxidation sites excluding steroid dienone is 1. The molecule has 1 aliphatic carbocycles. The molecule has 6 nitrogen and oxygen atoms in total. The second kappa shape index (κ2) is 10.4. The quantitative estimate of drug-likeness (QED) is 0.642. The summed E-state index contributed by atoms with van der Waals surface area (Å²) in [6, 6.07) is 7.25. The Bertz CT molecular complexity index is 890. The van der Waals surface area contributed by atoms with Crippen molar-refractivity contribution in [2.75, 3.05) is 13.6 Å². The lowest BCUT2D eigenvalue weighted by atomic mass is 9.69. The van der Waals surface area contributed by atoms with Crippen molar-refractivity contribution in [3.8, 4) is 0 Å². The van der Waals surface area contributed by atoms with Gasteiger partial charge in [0.1, 0.15) is 0 Å². The zero-order chi connectivity index (χ0) is 22.4. The average Bonchev–Trinajstić information content (AvgIpc) is 3.29. The second-order valence-corrected chi connectivity index (χ2v) is 8.92. The molecule has 0 aromatic carbocycles. The predicted octanol–water partition coefficient (Wildman–Crippen LogP) is 4.31. The van der Waals surface area contributed by atoms with Crippen molar-refractivity contribution in [2.24, 2.45) is 23.7 Å². The molecule has 166 valence electrons. The molecule has 1 N–H and O–H groups in total. The van der Waals surface area contributed by atoms with Crippen LogP contribution in [-0.4, -0.2) is 35.3 Å². The van der Waals surface area contributed by atoms with Crippen molar-refractivity contribution in [2.45, 2.75) is 40.2 Å². The second-order valence-electron chi connectivity index (χ2n) is 8.92. The first-order valence-corrected chi connectivity index (χ1v) is 11.0. The van der Waals surface area contributed by atoms with Crippen LogP contribution in [0.4, 0.5) is 0 Å². The van der Waals surface area contributed by atoms with Crippen LogP contribution in [0.2, 0.25) is 0 Å². The third-order valence-corrected chi connectivity index (χ3v) is 6.32. The van der Waals surface area contributed by atoms with Gasteiger partial charge in [-0.15, -0.1) is 0 Å². The molecule has 3 rings (SSSR count). The molecule has 6 heteroatoms. The number of hydrogen-bond donors (Lipinski definition) is 1. The Labute approximate surface area is 184 Å². The minimum Gasteiger partial charge on any atom is -0.459 e. The molecule has 0 saturated heterocycles. The van der Waals surface area contributed by atoms with E-state index in [1.54, 1.807) is 29.4 Å². The number of carbonyl (C=O) groups excluding carboxylic acids is 2. The van der Waals surface area contributed by atoms with E-state index in [9.17, 15) is 9.59 Å². The van der Waals surface area contributed by atoms with E-state index in [2.05, 4.69) is 37.1 Å². The van der Waals surface area contributed by atoms with Crippen LogP contribution in [0.5, 0.6) is 0 Å². The van der Waals surface area contributed by atoms with E-state index in [1.807, 2.05) is 19.2 Å². The zero-order valence-corrected chi connectivity index (χ0v) is 18.9. The number of amides is 2. The molecule has 2 aromatic heterocycles. The number of nitrogens with zero attached hydrogens (tertiary/aromatic N) is 2. The SMILES string of the molecule is CC1=C[C@@H](CNC(=O)c2ccco2)[C@H](C(C)C)C[C@H]1CC(=O)N(C)Cc1cccnc1. The lowest BCUT2D eigenvalue weighted by Crippen LogP contribution is -2.37. The Morgan fingerprint density at radius 2 is 2.10 bits per heavy atom. The van der Waals surface area contributed by atoms with Gasteiger partial charge in [0.15, 0.2) is 5.76 Å². The summed E-state index contributed by atoms with van der Waals surface area (Å²) in [6.45, 7) is 7.68. The van der Waals surface area contributed by atoms with Crippen LogP contribution in [-0.2, 0) is 11.3 Å². The van der Waals surface area contributed by atoms with Gasteiger partial charge in [-0.25, -0.2) is 0 Å². The van der Waals surface area contributed by atoms with Crippen molar-refractivity contribution >= 4 is 11.8 Å². The predicted molar refractivity (Wildman–Crippen MR) is 120 cm³/mol. The van der Waals surface area contributed by atoms with Crippen molar-refractivity contribution < 1.29 is 14.0 Å². The molecule has 0 unspecified atom stereocenters. The van der Waals surface area contributed by atoms with Gasteiger partial charge in [-0.3, -0.25) is 14.6 Å². The number of furan rings is 1. The average molecular weight is 424 g/mol. The summed E-state index contributed by atoms with van der Waals surface area (Å²) >= 11 is 0. The van der Waals surface area contributed by atoms with Gasteiger partial charge in [0, 0.05) is 39.0 Å². The lowest BCUT2D eigenvalue weighted by Gasteiger charge is -2.37. The maximum atomic E-state index is 12.9. The van der Waals surface area contributed by atoms with Gasteiger partial charge in [-0.1, -0.05) is 31.6 Å². The summed E-state index contributed by atoms with van der Waals surface area (Å²) in [7, 11) is 1.85. The highest BCUT2D eigenvalue weighted by molar-refractivity contribution is 5.91. The van der Waals surface area contributed by atoms with Gasteiger partial charge >= 0.3 is 0 Å². The van der Waals surface area contributed by atoms with Crippen LogP contribution in [0.1, 0.15) is 49.7 Å². The Morgan fingerprint density at radius 1 is 1.29 bits per heavy atom. The van der Waals surface area contributed by atoms with Gasteiger partial charge in [-0.2, -0.15) is 0 Å².